The van der Waals surface area contributed by atoms with Gasteiger partial charge in [0.1, 0.15) is 5.75 Å². The van der Waals surface area contributed by atoms with Crippen molar-refractivity contribution >= 4 is 5.69 Å². The number of benzene rings is 1. The maximum atomic E-state index is 5.40. The van der Waals surface area contributed by atoms with E-state index in [2.05, 4.69) is 37.4 Å². The van der Waals surface area contributed by atoms with Gasteiger partial charge in [-0.1, -0.05) is 57.9 Å². The fourth-order valence-corrected chi connectivity index (χ4v) is 2.43. The van der Waals surface area contributed by atoms with Crippen LogP contribution in [-0.4, -0.2) is 13.7 Å². The molecule has 0 aliphatic heterocycles. The van der Waals surface area contributed by atoms with Crippen molar-refractivity contribution in [3.63, 3.8) is 0 Å². The standard InChI is InChI=1S/C18H31NO/c1-4-5-6-7-8-9-10-11-14-19-17-13-12-16(2)15-18(17)20-3/h12-13,15,19H,4-11,14H2,1-3H3. The van der Waals surface area contributed by atoms with Crippen LogP contribution in [-0.2, 0) is 0 Å². The number of aryl methyl sites for hydroxylation is 1. The molecule has 0 saturated heterocycles. The monoisotopic (exact) mass is 277 g/mol. The molecular weight excluding hydrogens is 246 g/mol. The first-order valence-electron chi connectivity index (χ1n) is 8.16. The Morgan fingerprint density at radius 2 is 1.60 bits per heavy atom. The zero-order valence-corrected chi connectivity index (χ0v) is 13.5. The highest BCUT2D eigenvalue weighted by Gasteiger charge is 2.01. The highest BCUT2D eigenvalue weighted by Crippen LogP contribution is 2.25. The third-order valence-corrected chi connectivity index (χ3v) is 3.70. The molecule has 0 bridgehead atoms. The second-order valence-corrected chi connectivity index (χ2v) is 5.61. The Morgan fingerprint density at radius 3 is 2.25 bits per heavy atom. The van der Waals surface area contributed by atoms with Crippen molar-refractivity contribution in [2.24, 2.45) is 0 Å². The Morgan fingerprint density at radius 1 is 0.950 bits per heavy atom. The van der Waals surface area contributed by atoms with Crippen LogP contribution in [0, 0.1) is 6.92 Å². The summed E-state index contributed by atoms with van der Waals surface area (Å²) in [5, 5.41) is 3.48. The molecule has 0 amide bonds. The zero-order chi connectivity index (χ0) is 14.6. The molecule has 1 rings (SSSR count). The number of nitrogens with one attached hydrogen (secondary N) is 1. The van der Waals surface area contributed by atoms with Crippen LogP contribution >= 0.6 is 0 Å². The molecule has 0 aromatic heterocycles. The summed E-state index contributed by atoms with van der Waals surface area (Å²) in [6, 6.07) is 6.31. The molecule has 0 fully saturated rings. The Hall–Kier alpha value is -1.18. The molecule has 1 aromatic rings. The van der Waals surface area contributed by atoms with Crippen LogP contribution in [0.2, 0.25) is 0 Å². The number of rotatable bonds is 11. The number of methoxy groups -OCH3 is 1. The fourth-order valence-electron chi connectivity index (χ4n) is 2.43. The molecule has 0 unspecified atom stereocenters. The van der Waals surface area contributed by atoms with E-state index < -0.39 is 0 Å². The maximum Gasteiger partial charge on any atom is 0.142 e. The van der Waals surface area contributed by atoms with Crippen LogP contribution in [0.5, 0.6) is 5.75 Å². The quantitative estimate of drug-likeness (QED) is 0.535. The largest absolute Gasteiger partial charge is 0.495 e. The molecule has 1 N–H and O–H groups in total. The molecule has 2 nitrogen and oxygen atoms in total. The lowest BCUT2D eigenvalue weighted by atomic mass is 10.1. The molecule has 20 heavy (non-hydrogen) atoms. The second kappa shape index (κ2) is 10.6. The van der Waals surface area contributed by atoms with Crippen molar-refractivity contribution in [1.29, 1.82) is 0 Å². The minimum atomic E-state index is 0.949. The lowest BCUT2D eigenvalue weighted by molar-refractivity contribution is 0.416. The highest BCUT2D eigenvalue weighted by molar-refractivity contribution is 5.57. The molecular formula is C18H31NO. The third-order valence-electron chi connectivity index (χ3n) is 3.70. The van der Waals surface area contributed by atoms with E-state index in [9.17, 15) is 0 Å². The lowest BCUT2D eigenvalue weighted by Gasteiger charge is -2.11. The van der Waals surface area contributed by atoms with Crippen LogP contribution < -0.4 is 10.1 Å². The van der Waals surface area contributed by atoms with Crippen LogP contribution in [0.15, 0.2) is 18.2 Å². The van der Waals surface area contributed by atoms with Gasteiger partial charge in [0.05, 0.1) is 12.8 Å². The molecule has 114 valence electrons. The number of hydrogen-bond donors (Lipinski definition) is 1. The van der Waals surface area contributed by atoms with Gasteiger partial charge in [0.15, 0.2) is 0 Å². The molecule has 0 radical (unpaired) electrons. The Labute approximate surface area is 124 Å². The van der Waals surface area contributed by atoms with Gasteiger partial charge in [-0.25, -0.2) is 0 Å². The normalized spacial score (nSPS) is 10.6. The summed E-state index contributed by atoms with van der Waals surface area (Å²) >= 11 is 0. The lowest BCUT2D eigenvalue weighted by Crippen LogP contribution is -2.03. The number of anilines is 1. The molecule has 0 saturated carbocycles. The highest BCUT2D eigenvalue weighted by atomic mass is 16.5. The average molecular weight is 277 g/mol. The number of ether oxygens (including phenoxy) is 1. The van der Waals surface area contributed by atoms with E-state index in [-0.39, 0.29) is 0 Å². The smallest absolute Gasteiger partial charge is 0.142 e. The van der Waals surface area contributed by atoms with Gasteiger partial charge < -0.3 is 10.1 Å². The molecule has 1 aromatic carbocycles. The molecule has 0 atom stereocenters. The average Bonchev–Trinajstić information content (AvgIpc) is 2.46. The van der Waals surface area contributed by atoms with Crippen molar-refractivity contribution in [3.05, 3.63) is 23.8 Å². The minimum absolute atomic E-state index is 0.949. The first-order valence-corrected chi connectivity index (χ1v) is 8.16. The van der Waals surface area contributed by atoms with Gasteiger partial charge in [-0.15, -0.1) is 0 Å². The van der Waals surface area contributed by atoms with Gasteiger partial charge in [-0.3, -0.25) is 0 Å². The maximum absolute atomic E-state index is 5.40. The van der Waals surface area contributed by atoms with E-state index in [0.29, 0.717) is 0 Å². The number of unbranched alkanes of at least 4 members (excludes halogenated alkanes) is 7. The Bertz CT molecular complexity index is 362. The predicted octanol–water partition coefficient (Wildman–Crippen LogP) is 5.56. The molecule has 0 heterocycles. The van der Waals surface area contributed by atoms with Crippen LogP contribution in [0.4, 0.5) is 5.69 Å². The summed E-state index contributed by atoms with van der Waals surface area (Å²) < 4.78 is 5.40. The minimum Gasteiger partial charge on any atom is -0.495 e. The molecule has 0 spiro atoms. The van der Waals surface area contributed by atoms with Gasteiger partial charge in [0, 0.05) is 6.54 Å². The first-order chi connectivity index (χ1) is 9.77. The summed E-state index contributed by atoms with van der Waals surface area (Å²) in [6.45, 7) is 5.39. The summed E-state index contributed by atoms with van der Waals surface area (Å²) in [4.78, 5) is 0. The molecule has 0 aliphatic carbocycles. The van der Waals surface area contributed by atoms with E-state index in [0.717, 1.165) is 18.0 Å². The van der Waals surface area contributed by atoms with E-state index in [1.807, 2.05) is 0 Å². The first kappa shape index (κ1) is 16.9. The second-order valence-electron chi connectivity index (χ2n) is 5.61. The van der Waals surface area contributed by atoms with E-state index >= 15 is 0 Å². The summed E-state index contributed by atoms with van der Waals surface area (Å²) in [5.74, 6) is 0.949. The summed E-state index contributed by atoms with van der Waals surface area (Å²) in [5.41, 5.74) is 2.35. The van der Waals surface area contributed by atoms with E-state index in [1.165, 1.54) is 56.9 Å². The predicted molar refractivity (Wildman–Crippen MR) is 88.8 cm³/mol. The SMILES string of the molecule is CCCCCCCCCCNc1ccc(C)cc1OC. The molecule has 2 heteroatoms. The molecule has 0 aliphatic rings. The summed E-state index contributed by atoms with van der Waals surface area (Å²) in [7, 11) is 1.73. The van der Waals surface area contributed by atoms with Gasteiger partial charge in [-0.2, -0.15) is 0 Å². The van der Waals surface area contributed by atoms with Crippen molar-refractivity contribution in [3.8, 4) is 5.75 Å². The van der Waals surface area contributed by atoms with Gasteiger partial charge in [0.2, 0.25) is 0 Å². The van der Waals surface area contributed by atoms with Crippen molar-refractivity contribution in [1.82, 2.24) is 0 Å². The van der Waals surface area contributed by atoms with Crippen LogP contribution in [0.3, 0.4) is 0 Å². The number of hydrogen-bond acceptors (Lipinski definition) is 2. The van der Waals surface area contributed by atoms with Crippen LogP contribution in [0.1, 0.15) is 63.9 Å². The van der Waals surface area contributed by atoms with Crippen LogP contribution in [0.25, 0.3) is 0 Å². The van der Waals surface area contributed by atoms with Crippen molar-refractivity contribution in [2.75, 3.05) is 19.0 Å². The van der Waals surface area contributed by atoms with Crippen molar-refractivity contribution in [2.45, 2.75) is 65.2 Å². The fraction of sp³-hybridized carbons (Fsp3) is 0.667. The van der Waals surface area contributed by atoms with Crippen molar-refractivity contribution < 1.29 is 4.74 Å². The van der Waals surface area contributed by atoms with Gasteiger partial charge in [0.25, 0.3) is 0 Å². The Kier molecular flexibility index (Phi) is 8.93. The van der Waals surface area contributed by atoms with E-state index in [1.54, 1.807) is 7.11 Å². The topological polar surface area (TPSA) is 21.3 Å². The third kappa shape index (κ3) is 6.83. The Balaban J connectivity index is 2.09. The van der Waals surface area contributed by atoms with E-state index in [4.69, 9.17) is 4.74 Å². The zero-order valence-electron chi connectivity index (χ0n) is 13.5. The van der Waals surface area contributed by atoms with Gasteiger partial charge in [-0.05, 0) is 31.0 Å². The van der Waals surface area contributed by atoms with Gasteiger partial charge >= 0.3 is 0 Å². The summed E-state index contributed by atoms with van der Waals surface area (Å²) in [6.07, 6.45) is 10.9.